The molecular weight excluding hydrogens is 320 g/mol. The normalized spacial score (nSPS) is 11.7. The van der Waals surface area contributed by atoms with Gasteiger partial charge < -0.3 is 15.8 Å². The zero-order valence-electron chi connectivity index (χ0n) is 12.2. The van der Waals surface area contributed by atoms with Crippen molar-refractivity contribution in [2.45, 2.75) is 17.1 Å². The molecule has 0 aliphatic heterocycles. The maximum absolute atomic E-state index is 12.2. The first kappa shape index (κ1) is 16.4. The number of rotatable bonds is 6. The molecule has 7 heteroatoms. The van der Waals surface area contributed by atoms with E-state index in [-0.39, 0.29) is 11.2 Å². The number of primary amides is 1. The van der Waals surface area contributed by atoms with Crippen molar-refractivity contribution >= 4 is 39.9 Å². The molecule has 0 spiro atoms. The molecule has 2 rings (SSSR count). The molecule has 0 radical (unpaired) electrons. The quantitative estimate of drug-likeness (QED) is 0.795. The lowest BCUT2D eigenvalue weighted by molar-refractivity contribution is -0.115. The van der Waals surface area contributed by atoms with E-state index in [9.17, 15) is 9.59 Å². The Morgan fingerprint density at radius 2 is 2.14 bits per heavy atom. The summed E-state index contributed by atoms with van der Waals surface area (Å²) in [5.74, 6) is 0.00861. The number of benzene rings is 1. The maximum Gasteiger partial charge on any atom is 0.251 e. The Labute approximate surface area is 136 Å². The summed E-state index contributed by atoms with van der Waals surface area (Å²) in [6, 6.07) is 9.10. The zero-order chi connectivity index (χ0) is 16.1. The number of carbonyl (C=O) groups excluding carboxylic acids is 2. The number of amides is 2. The summed E-state index contributed by atoms with van der Waals surface area (Å²) in [4.78, 5) is 24.4. The van der Waals surface area contributed by atoms with Gasteiger partial charge in [-0.05, 0) is 36.6 Å². The summed E-state index contributed by atoms with van der Waals surface area (Å²) >= 11 is 2.69. The van der Waals surface area contributed by atoms with Crippen LogP contribution >= 0.6 is 23.1 Å². The molecule has 3 N–H and O–H groups in total. The second-order valence-electron chi connectivity index (χ2n) is 4.46. The van der Waals surface area contributed by atoms with Crippen molar-refractivity contribution in [2.24, 2.45) is 5.73 Å². The Bertz CT molecular complexity index is 685. The summed E-state index contributed by atoms with van der Waals surface area (Å²) in [6.45, 7) is 1.80. The lowest BCUT2D eigenvalue weighted by Gasteiger charge is -2.12. The number of carbonyl (C=O) groups is 2. The van der Waals surface area contributed by atoms with Crippen LogP contribution in [0.5, 0.6) is 5.75 Å². The third-order valence-corrected chi connectivity index (χ3v) is 4.81. The summed E-state index contributed by atoms with van der Waals surface area (Å²) in [7, 11) is 1.60. The standard InChI is InChI=1S/C15H16N2O3S2/c1-9(22-11-5-3-4-10(8-11)20-2)14(19)17-15-12(13(16)18)6-7-21-15/h3-9H,1-2H3,(H2,16,18)(H,17,19). The van der Waals surface area contributed by atoms with Gasteiger partial charge in [0.25, 0.3) is 5.91 Å². The summed E-state index contributed by atoms with van der Waals surface area (Å²) in [5, 5.41) is 4.62. The Balaban J connectivity index is 2.02. The number of nitrogens with one attached hydrogen (secondary N) is 1. The van der Waals surface area contributed by atoms with Gasteiger partial charge in [-0.1, -0.05) is 6.07 Å². The molecule has 0 aliphatic rings. The van der Waals surface area contributed by atoms with E-state index in [0.717, 1.165) is 10.6 Å². The number of anilines is 1. The van der Waals surface area contributed by atoms with Crippen LogP contribution in [-0.2, 0) is 4.79 Å². The first-order valence-corrected chi connectivity index (χ1v) is 8.26. The third kappa shape index (κ3) is 4.02. The van der Waals surface area contributed by atoms with Gasteiger partial charge in [0.05, 0.1) is 17.9 Å². The highest BCUT2D eigenvalue weighted by Gasteiger charge is 2.18. The lowest BCUT2D eigenvalue weighted by Crippen LogP contribution is -2.23. The molecule has 1 atom stereocenters. The molecule has 0 fully saturated rings. The van der Waals surface area contributed by atoms with Gasteiger partial charge in [-0.25, -0.2) is 0 Å². The molecule has 0 saturated heterocycles. The van der Waals surface area contributed by atoms with Crippen LogP contribution in [0.4, 0.5) is 5.00 Å². The summed E-state index contributed by atoms with van der Waals surface area (Å²) < 4.78 is 5.16. The van der Waals surface area contributed by atoms with Crippen LogP contribution in [0.2, 0.25) is 0 Å². The van der Waals surface area contributed by atoms with Gasteiger partial charge in [-0.3, -0.25) is 9.59 Å². The zero-order valence-corrected chi connectivity index (χ0v) is 13.8. The van der Waals surface area contributed by atoms with Crippen LogP contribution in [0.3, 0.4) is 0 Å². The monoisotopic (exact) mass is 336 g/mol. The molecule has 116 valence electrons. The molecular formula is C15H16N2O3S2. The van der Waals surface area contributed by atoms with Gasteiger partial charge in [0.2, 0.25) is 5.91 Å². The van der Waals surface area contributed by atoms with Crippen LogP contribution in [0.25, 0.3) is 0 Å². The van der Waals surface area contributed by atoms with E-state index < -0.39 is 5.91 Å². The van der Waals surface area contributed by atoms with Crippen LogP contribution in [0, 0.1) is 0 Å². The molecule has 2 amide bonds. The van der Waals surface area contributed by atoms with E-state index in [0.29, 0.717) is 10.6 Å². The Hall–Kier alpha value is -1.99. The largest absolute Gasteiger partial charge is 0.497 e. The SMILES string of the molecule is COc1cccc(SC(C)C(=O)Nc2sccc2C(N)=O)c1. The molecule has 1 heterocycles. The molecule has 0 saturated carbocycles. The maximum atomic E-state index is 12.2. The number of hydrogen-bond donors (Lipinski definition) is 2. The van der Waals surface area contributed by atoms with Crippen molar-refractivity contribution in [3.05, 3.63) is 41.3 Å². The minimum atomic E-state index is -0.551. The van der Waals surface area contributed by atoms with Crippen molar-refractivity contribution < 1.29 is 14.3 Å². The predicted octanol–water partition coefficient (Wildman–Crippen LogP) is 2.97. The topological polar surface area (TPSA) is 81.4 Å². The summed E-state index contributed by atoms with van der Waals surface area (Å²) in [5.41, 5.74) is 5.59. The first-order valence-electron chi connectivity index (χ1n) is 6.50. The van der Waals surface area contributed by atoms with Crippen LogP contribution in [0.15, 0.2) is 40.6 Å². The van der Waals surface area contributed by atoms with E-state index in [1.54, 1.807) is 25.5 Å². The fourth-order valence-corrected chi connectivity index (χ4v) is 3.46. The minimum Gasteiger partial charge on any atom is -0.497 e. The number of thioether (sulfide) groups is 1. The summed E-state index contributed by atoms with van der Waals surface area (Å²) in [6.07, 6.45) is 0. The lowest BCUT2D eigenvalue weighted by atomic mass is 10.3. The number of ether oxygens (including phenoxy) is 1. The number of hydrogen-bond acceptors (Lipinski definition) is 5. The number of methoxy groups -OCH3 is 1. The molecule has 0 bridgehead atoms. The van der Waals surface area contributed by atoms with Crippen molar-refractivity contribution in [2.75, 3.05) is 12.4 Å². The van der Waals surface area contributed by atoms with Crippen molar-refractivity contribution in [3.63, 3.8) is 0 Å². The Kier molecular flexibility index (Phi) is 5.46. The van der Waals surface area contributed by atoms with E-state index >= 15 is 0 Å². The van der Waals surface area contributed by atoms with Crippen molar-refractivity contribution in [1.82, 2.24) is 0 Å². The van der Waals surface area contributed by atoms with Gasteiger partial charge in [-0.2, -0.15) is 0 Å². The van der Waals surface area contributed by atoms with Gasteiger partial charge in [0.1, 0.15) is 10.8 Å². The molecule has 1 aromatic heterocycles. The fraction of sp³-hybridized carbons (Fsp3) is 0.200. The molecule has 0 aliphatic carbocycles. The molecule has 1 unspecified atom stereocenters. The van der Waals surface area contributed by atoms with Crippen LogP contribution < -0.4 is 15.8 Å². The smallest absolute Gasteiger partial charge is 0.251 e. The second kappa shape index (κ2) is 7.33. The average Bonchev–Trinajstić information content (AvgIpc) is 2.95. The highest BCUT2D eigenvalue weighted by molar-refractivity contribution is 8.00. The van der Waals surface area contributed by atoms with Crippen molar-refractivity contribution in [1.29, 1.82) is 0 Å². The molecule has 5 nitrogen and oxygen atoms in total. The third-order valence-electron chi connectivity index (χ3n) is 2.89. The second-order valence-corrected chi connectivity index (χ2v) is 6.79. The highest BCUT2D eigenvalue weighted by Crippen LogP contribution is 2.28. The van der Waals surface area contributed by atoms with Crippen molar-refractivity contribution in [3.8, 4) is 5.75 Å². The molecule has 22 heavy (non-hydrogen) atoms. The van der Waals surface area contributed by atoms with E-state index in [1.807, 2.05) is 24.3 Å². The van der Waals surface area contributed by atoms with Crippen LogP contribution in [0.1, 0.15) is 17.3 Å². The number of nitrogens with two attached hydrogens (primary N) is 1. The molecule has 1 aromatic carbocycles. The fourth-order valence-electron chi connectivity index (χ4n) is 1.75. The van der Waals surface area contributed by atoms with E-state index in [1.165, 1.54) is 23.1 Å². The van der Waals surface area contributed by atoms with Gasteiger partial charge in [-0.15, -0.1) is 23.1 Å². The Morgan fingerprint density at radius 1 is 1.36 bits per heavy atom. The minimum absolute atomic E-state index is 0.183. The average molecular weight is 336 g/mol. The first-order chi connectivity index (χ1) is 10.5. The Morgan fingerprint density at radius 3 is 2.82 bits per heavy atom. The van der Waals surface area contributed by atoms with Crippen LogP contribution in [-0.4, -0.2) is 24.2 Å². The highest BCUT2D eigenvalue weighted by atomic mass is 32.2. The van der Waals surface area contributed by atoms with Gasteiger partial charge in [0, 0.05) is 4.90 Å². The molecule has 2 aromatic rings. The van der Waals surface area contributed by atoms with Gasteiger partial charge in [0.15, 0.2) is 0 Å². The number of thiophene rings is 1. The van der Waals surface area contributed by atoms with E-state index in [2.05, 4.69) is 5.32 Å². The predicted molar refractivity (Wildman–Crippen MR) is 89.8 cm³/mol. The van der Waals surface area contributed by atoms with Gasteiger partial charge >= 0.3 is 0 Å². The van der Waals surface area contributed by atoms with E-state index in [4.69, 9.17) is 10.5 Å².